The molecule has 2 nitrogen and oxygen atoms in total. The molecule has 124 valence electrons. The molecule has 0 heterocycles. The van der Waals surface area contributed by atoms with Gasteiger partial charge in [-0.2, -0.15) is 0 Å². The first kappa shape index (κ1) is 15.8. The van der Waals surface area contributed by atoms with E-state index >= 15 is 0 Å². The number of amides is 1. The minimum Gasteiger partial charge on any atom is -0.349 e. The van der Waals surface area contributed by atoms with Gasteiger partial charge in [0.2, 0.25) is 0 Å². The molecule has 3 heteroatoms. The Morgan fingerprint density at radius 3 is 2.46 bits per heavy atom. The van der Waals surface area contributed by atoms with Crippen LogP contribution in [0.25, 0.3) is 0 Å². The van der Waals surface area contributed by atoms with Crippen LogP contribution >= 0.6 is 11.8 Å². The lowest BCUT2D eigenvalue weighted by Gasteiger charge is -2.22. The second-order valence-electron chi connectivity index (χ2n) is 7.05. The summed E-state index contributed by atoms with van der Waals surface area (Å²) in [6.07, 6.45) is 5.17. The molecule has 0 saturated heterocycles. The standard InChI is InChI=1S/C21H23NOS/c23-21(22-20-13-16-8-11-18(20)12-16)17-9-6-15(7-10-17)14-24-19-4-2-1-3-5-19/h1-7,9-10,16,18,20H,8,11-14H2,(H,22,23)/t16-,18+,20-/m0/s1. The van der Waals surface area contributed by atoms with Gasteiger partial charge in [-0.15, -0.1) is 11.8 Å². The fourth-order valence-electron chi connectivity index (χ4n) is 4.11. The smallest absolute Gasteiger partial charge is 0.251 e. The van der Waals surface area contributed by atoms with E-state index in [4.69, 9.17) is 0 Å². The van der Waals surface area contributed by atoms with Crippen molar-refractivity contribution in [3.63, 3.8) is 0 Å². The normalized spacial score (nSPS) is 24.9. The van der Waals surface area contributed by atoms with E-state index in [1.54, 1.807) is 0 Å². The van der Waals surface area contributed by atoms with E-state index in [1.165, 1.54) is 36.1 Å². The summed E-state index contributed by atoms with van der Waals surface area (Å²) in [6.45, 7) is 0. The number of hydrogen-bond acceptors (Lipinski definition) is 2. The molecular weight excluding hydrogens is 314 g/mol. The van der Waals surface area contributed by atoms with E-state index in [-0.39, 0.29) is 5.91 Å². The molecule has 3 atom stereocenters. The van der Waals surface area contributed by atoms with Crippen molar-refractivity contribution in [2.45, 2.75) is 42.4 Å². The maximum Gasteiger partial charge on any atom is 0.251 e. The van der Waals surface area contributed by atoms with Crippen LogP contribution in [0.5, 0.6) is 0 Å². The van der Waals surface area contributed by atoms with Crippen LogP contribution in [0.4, 0.5) is 0 Å². The maximum absolute atomic E-state index is 12.5. The Hall–Kier alpha value is -1.74. The predicted molar refractivity (Wildman–Crippen MR) is 99.1 cm³/mol. The quantitative estimate of drug-likeness (QED) is 0.787. The van der Waals surface area contributed by atoms with Gasteiger partial charge in [-0.25, -0.2) is 0 Å². The van der Waals surface area contributed by atoms with E-state index in [0.717, 1.165) is 23.2 Å². The number of hydrogen-bond donors (Lipinski definition) is 1. The summed E-state index contributed by atoms with van der Waals surface area (Å²) in [7, 11) is 0. The molecule has 4 rings (SSSR count). The van der Waals surface area contributed by atoms with Crippen LogP contribution in [-0.2, 0) is 5.75 Å². The van der Waals surface area contributed by atoms with Gasteiger partial charge in [-0.1, -0.05) is 36.8 Å². The van der Waals surface area contributed by atoms with E-state index in [2.05, 4.69) is 41.7 Å². The number of fused-ring (bicyclic) bond motifs is 2. The predicted octanol–water partition coefficient (Wildman–Crippen LogP) is 4.90. The highest BCUT2D eigenvalue weighted by Crippen LogP contribution is 2.44. The monoisotopic (exact) mass is 337 g/mol. The Morgan fingerprint density at radius 1 is 1.00 bits per heavy atom. The van der Waals surface area contributed by atoms with Crippen LogP contribution in [0.3, 0.4) is 0 Å². The highest BCUT2D eigenvalue weighted by atomic mass is 32.2. The van der Waals surface area contributed by atoms with Crippen LogP contribution in [0.15, 0.2) is 59.5 Å². The number of carbonyl (C=O) groups excluding carboxylic acids is 1. The third-order valence-electron chi connectivity index (χ3n) is 5.42. The second-order valence-corrected chi connectivity index (χ2v) is 8.10. The molecule has 0 radical (unpaired) electrons. The molecule has 0 aromatic heterocycles. The van der Waals surface area contributed by atoms with Gasteiger partial charge in [0.05, 0.1) is 0 Å². The first-order valence-corrected chi connectivity index (χ1v) is 9.84. The zero-order valence-corrected chi connectivity index (χ0v) is 14.6. The van der Waals surface area contributed by atoms with Crippen LogP contribution in [0, 0.1) is 11.8 Å². The molecule has 1 amide bonds. The summed E-state index contributed by atoms with van der Waals surface area (Å²) in [5.74, 6) is 2.60. The molecule has 2 bridgehead atoms. The zero-order chi connectivity index (χ0) is 16.4. The summed E-state index contributed by atoms with van der Waals surface area (Å²) < 4.78 is 0. The molecule has 0 unspecified atom stereocenters. The minimum absolute atomic E-state index is 0.0924. The summed E-state index contributed by atoms with van der Waals surface area (Å²) in [6, 6.07) is 18.9. The summed E-state index contributed by atoms with van der Waals surface area (Å²) in [5, 5.41) is 3.26. The number of thioether (sulfide) groups is 1. The first-order valence-electron chi connectivity index (χ1n) is 8.85. The van der Waals surface area contributed by atoms with Crippen LogP contribution in [-0.4, -0.2) is 11.9 Å². The van der Waals surface area contributed by atoms with Crippen molar-refractivity contribution in [3.05, 3.63) is 65.7 Å². The third-order valence-corrected chi connectivity index (χ3v) is 6.50. The molecule has 2 aromatic rings. The van der Waals surface area contributed by atoms with Gasteiger partial charge in [0.25, 0.3) is 5.91 Å². The Bertz CT molecular complexity index is 698. The van der Waals surface area contributed by atoms with Gasteiger partial charge in [-0.05, 0) is 60.9 Å². The molecule has 0 aliphatic heterocycles. The molecule has 2 saturated carbocycles. The Morgan fingerprint density at radius 2 is 1.79 bits per heavy atom. The van der Waals surface area contributed by atoms with Crippen molar-refractivity contribution in [3.8, 4) is 0 Å². The van der Waals surface area contributed by atoms with E-state index in [0.29, 0.717) is 6.04 Å². The summed E-state index contributed by atoms with van der Waals surface area (Å²) in [5.41, 5.74) is 2.03. The van der Waals surface area contributed by atoms with Gasteiger partial charge in [0.15, 0.2) is 0 Å². The fraction of sp³-hybridized carbons (Fsp3) is 0.381. The zero-order valence-electron chi connectivity index (χ0n) is 13.8. The Balaban J connectivity index is 1.32. The van der Waals surface area contributed by atoms with Crippen LogP contribution in [0.2, 0.25) is 0 Å². The molecule has 2 aliphatic rings. The molecule has 2 fully saturated rings. The number of rotatable bonds is 5. The maximum atomic E-state index is 12.5. The third kappa shape index (κ3) is 3.51. The van der Waals surface area contributed by atoms with Gasteiger partial charge in [-0.3, -0.25) is 4.79 Å². The molecule has 0 spiro atoms. The fourth-order valence-corrected chi connectivity index (χ4v) is 4.98. The van der Waals surface area contributed by atoms with Gasteiger partial charge >= 0.3 is 0 Å². The van der Waals surface area contributed by atoms with Crippen LogP contribution < -0.4 is 5.32 Å². The number of benzene rings is 2. The topological polar surface area (TPSA) is 29.1 Å². The molecule has 1 N–H and O–H groups in total. The Kier molecular flexibility index (Phi) is 4.61. The first-order chi connectivity index (χ1) is 11.8. The number of nitrogens with one attached hydrogen (secondary N) is 1. The number of carbonyl (C=O) groups is 1. The lowest BCUT2D eigenvalue weighted by atomic mass is 9.95. The summed E-state index contributed by atoms with van der Waals surface area (Å²) in [4.78, 5) is 13.7. The van der Waals surface area contributed by atoms with Crippen LogP contribution in [0.1, 0.15) is 41.6 Å². The molecular formula is C21H23NOS. The lowest BCUT2D eigenvalue weighted by molar-refractivity contribution is 0.0923. The van der Waals surface area contributed by atoms with Crippen molar-refractivity contribution < 1.29 is 4.79 Å². The van der Waals surface area contributed by atoms with Gasteiger partial charge in [0.1, 0.15) is 0 Å². The average molecular weight is 337 g/mol. The van der Waals surface area contributed by atoms with Crippen molar-refractivity contribution >= 4 is 17.7 Å². The van der Waals surface area contributed by atoms with E-state index in [9.17, 15) is 4.79 Å². The average Bonchev–Trinajstić information content (AvgIpc) is 3.24. The van der Waals surface area contributed by atoms with Gasteiger partial charge in [0, 0.05) is 22.3 Å². The van der Waals surface area contributed by atoms with Gasteiger partial charge < -0.3 is 5.32 Å². The lowest BCUT2D eigenvalue weighted by Crippen LogP contribution is -2.38. The van der Waals surface area contributed by atoms with Crippen molar-refractivity contribution in [1.82, 2.24) is 5.32 Å². The Labute approximate surface area is 148 Å². The molecule has 2 aromatic carbocycles. The molecule has 24 heavy (non-hydrogen) atoms. The second kappa shape index (κ2) is 7.02. The van der Waals surface area contributed by atoms with E-state index in [1.807, 2.05) is 30.0 Å². The van der Waals surface area contributed by atoms with Crippen molar-refractivity contribution in [2.75, 3.05) is 0 Å². The highest BCUT2D eigenvalue weighted by Gasteiger charge is 2.40. The SMILES string of the molecule is O=C(N[C@H]1C[C@H]2CC[C@@H]1C2)c1ccc(CSc2ccccc2)cc1. The molecule has 2 aliphatic carbocycles. The van der Waals surface area contributed by atoms with E-state index < -0.39 is 0 Å². The minimum atomic E-state index is 0.0924. The van der Waals surface area contributed by atoms with Crippen molar-refractivity contribution in [2.24, 2.45) is 11.8 Å². The largest absolute Gasteiger partial charge is 0.349 e. The highest BCUT2D eigenvalue weighted by molar-refractivity contribution is 7.98. The summed E-state index contributed by atoms with van der Waals surface area (Å²) >= 11 is 1.82. The van der Waals surface area contributed by atoms with Crippen molar-refractivity contribution in [1.29, 1.82) is 0 Å².